The second kappa shape index (κ2) is 6.37. The maximum absolute atomic E-state index is 12.1. The molecule has 1 aliphatic rings. The highest BCUT2D eigenvalue weighted by Crippen LogP contribution is 2.39. The number of nitrogens with zero attached hydrogens (tertiary/aromatic N) is 2. The van der Waals surface area contributed by atoms with Crippen LogP contribution < -0.4 is 5.69 Å². The quantitative estimate of drug-likeness (QED) is 0.735. The number of imidazole rings is 1. The molecule has 1 atom stereocenters. The van der Waals surface area contributed by atoms with Gasteiger partial charge in [0.15, 0.2) is 0 Å². The standard InChI is InChI=1S/C19H17Cl2N3O/c1-23-10-15(14-8-12(20)9-17(21)16(14)11-23)13-4-2-3-5-18(13)24-7-6-22-19(24)25/h2-9,15H,10-11H2,1H3,(H,22,25)/t15-/m0/s1. The number of aromatic amines is 1. The fraction of sp³-hybridized carbons (Fsp3) is 0.211. The number of hydrogen-bond acceptors (Lipinski definition) is 2. The normalized spacial score (nSPS) is 17.5. The van der Waals surface area contributed by atoms with Gasteiger partial charge in [-0.25, -0.2) is 4.79 Å². The first kappa shape index (κ1) is 16.5. The number of likely N-dealkylation sites (N-methyl/N-ethyl adjacent to an activating group) is 1. The van der Waals surface area contributed by atoms with Gasteiger partial charge < -0.3 is 9.88 Å². The summed E-state index contributed by atoms with van der Waals surface area (Å²) in [4.78, 5) is 17.1. The average molecular weight is 374 g/mol. The predicted octanol–water partition coefficient (Wildman–Crippen LogP) is 4.05. The molecule has 128 valence electrons. The molecule has 0 saturated carbocycles. The molecule has 0 fully saturated rings. The van der Waals surface area contributed by atoms with Gasteiger partial charge in [-0.15, -0.1) is 0 Å². The Balaban J connectivity index is 1.93. The lowest BCUT2D eigenvalue weighted by molar-refractivity contribution is 0.295. The van der Waals surface area contributed by atoms with Crippen LogP contribution in [0.2, 0.25) is 10.0 Å². The fourth-order valence-electron chi connectivity index (χ4n) is 3.62. The van der Waals surface area contributed by atoms with Gasteiger partial charge in [0.1, 0.15) is 0 Å². The first-order valence-corrected chi connectivity index (χ1v) is 8.82. The van der Waals surface area contributed by atoms with Crippen molar-refractivity contribution in [3.05, 3.63) is 86.0 Å². The summed E-state index contributed by atoms with van der Waals surface area (Å²) in [5, 5.41) is 1.32. The third kappa shape index (κ3) is 2.91. The van der Waals surface area contributed by atoms with Crippen LogP contribution in [-0.4, -0.2) is 28.0 Å². The summed E-state index contributed by atoms with van der Waals surface area (Å²) in [6.07, 6.45) is 3.40. The number of fused-ring (bicyclic) bond motifs is 1. The summed E-state index contributed by atoms with van der Waals surface area (Å²) in [5.74, 6) is 0.0861. The summed E-state index contributed by atoms with van der Waals surface area (Å²) in [6.45, 7) is 1.62. The van der Waals surface area contributed by atoms with E-state index in [4.69, 9.17) is 23.2 Å². The zero-order chi connectivity index (χ0) is 17.6. The third-order valence-corrected chi connectivity index (χ3v) is 5.27. The number of para-hydroxylation sites is 1. The van der Waals surface area contributed by atoms with Gasteiger partial charge in [0.25, 0.3) is 0 Å². The van der Waals surface area contributed by atoms with Crippen molar-refractivity contribution in [2.75, 3.05) is 13.6 Å². The van der Waals surface area contributed by atoms with Crippen LogP contribution in [0, 0.1) is 0 Å². The van der Waals surface area contributed by atoms with Crippen LogP contribution in [0.3, 0.4) is 0 Å². The first-order chi connectivity index (χ1) is 12.0. The molecule has 0 radical (unpaired) electrons. The molecule has 3 aromatic rings. The summed E-state index contributed by atoms with van der Waals surface area (Å²) in [7, 11) is 2.08. The van der Waals surface area contributed by atoms with Gasteiger partial charge in [0.2, 0.25) is 0 Å². The molecule has 1 aromatic heterocycles. The van der Waals surface area contributed by atoms with Crippen molar-refractivity contribution < 1.29 is 0 Å². The largest absolute Gasteiger partial charge is 0.330 e. The number of rotatable bonds is 2. The van der Waals surface area contributed by atoms with Crippen LogP contribution in [0.4, 0.5) is 0 Å². The molecule has 4 rings (SSSR count). The molecular formula is C19H17Cl2N3O. The number of nitrogens with one attached hydrogen (secondary N) is 1. The van der Waals surface area contributed by atoms with Crippen LogP contribution in [0.1, 0.15) is 22.6 Å². The van der Waals surface area contributed by atoms with Crippen LogP contribution in [-0.2, 0) is 6.54 Å². The van der Waals surface area contributed by atoms with E-state index in [1.807, 2.05) is 24.3 Å². The molecule has 0 amide bonds. The lowest BCUT2D eigenvalue weighted by atomic mass is 9.84. The molecule has 0 bridgehead atoms. The van der Waals surface area contributed by atoms with E-state index >= 15 is 0 Å². The Hall–Kier alpha value is -2.01. The molecule has 0 spiro atoms. The minimum Gasteiger partial charge on any atom is -0.312 e. The molecule has 25 heavy (non-hydrogen) atoms. The molecule has 1 N–H and O–H groups in total. The number of hydrogen-bond donors (Lipinski definition) is 1. The van der Waals surface area contributed by atoms with Gasteiger partial charge in [-0.3, -0.25) is 4.57 Å². The Labute approximate surface area is 155 Å². The monoisotopic (exact) mass is 373 g/mol. The van der Waals surface area contributed by atoms with Gasteiger partial charge in [-0.1, -0.05) is 41.4 Å². The van der Waals surface area contributed by atoms with Crippen molar-refractivity contribution in [3.63, 3.8) is 0 Å². The first-order valence-electron chi connectivity index (χ1n) is 8.06. The van der Waals surface area contributed by atoms with Crippen molar-refractivity contribution in [2.24, 2.45) is 0 Å². The minimum atomic E-state index is -0.152. The summed E-state index contributed by atoms with van der Waals surface area (Å²) in [5.41, 5.74) is 4.03. The molecule has 2 heterocycles. The van der Waals surface area contributed by atoms with Crippen LogP contribution >= 0.6 is 23.2 Å². The molecule has 4 nitrogen and oxygen atoms in total. The van der Waals surface area contributed by atoms with Crippen molar-refractivity contribution >= 4 is 23.2 Å². The topological polar surface area (TPSA) is 41.0 Å². The molecule has 1 aliphatic heterocycles. The Morgan fingerprint density at radius 2 is 1.96 bits per heavy atom. The average Bonchev–Trinajstić information content (AvgIpc) is 3.01. The smallest absolute Gasteiger partial charge is 0.312 e. The van der Waals surface area contributed by atoms with Gasteiger partial charge in [-0.05, 0) is 41.9 Å². The van der Waals surface area contributed by atoms with Crippen molar-refractivity contribution in [3.8, 4) is 5.69 Å². The van der Waals surface area contributed by atoms with E-state index in [-0.39, 0.29) is 11.6 Å². The summed E-state index contributed by atoms with van der Waals surface area (Å²) in [6, 6.07) is 11.8. The number of H-pyrrole nitrogens is 1. The molecular weight excluding hydrogens is 357 g/mol. The number of halogens is 2. The maximum Gasteiger partial charge on any atom is 0.330 e. The third-order valence-electron chi connectivity index (χ3n) is 4.71. The Bertz CT molecular complexity index is 992. The summed E-state index contributed by atoms with van der Waals surface area (Å²) >= 11 is 12.7. The van der Waals surface area contributed by atoms with E-state index < -0.39 is 0 Å². The van der Waals surface area contributed by atoms with E-state index in [2.05, 4.69) is 23.0 Å². The predicted molar refractivity (Wildman–Crippen MR) is 101 cm³/mol. The SMILES string of the molecule is CN1Cc2c(Cl)cc(Cl)cc2[C@H](c2ccccc2-n2cc[nH]c2=O)C1. The number of benzene rings is 2. The van der Waals surface area contributed by atoms with E-state index in [0.717, 1.165) is 35.5 Å². The molecule has 0 saturated heterocycles. The van der Waals surface area contributed by atoms with Crippen molar-refractivity contribution in [1.82, 2.24) is 14.5 Å². The molecule has 0 unspecified atom stereocenters. The van der Waals surface area contributed by atoms with Crippen LogP contribution in [0.25, 0.3) is 5.69 Å². The van der Waals surface area contributed by atoms with Crippen molar-refractivity contribution in [2.45, 2.75) is 12.5 Å². The lowest BCUT2D eigenvalue weighted by Crippen LogP contribution is -2.32. The van der Waals surface area contributed by atoms with Crippen molar-refractivity contribution in [1.29, 1.82) is 0 Å². The minimum absolute atomic E-state index is 0.0861. The van der Waals surface area contributed by atoms with E-state index in [1.54, 1.807) is 23.0 Å². The van der Waals surface area contributed by atoms with Crippen LogP contribution in [0.15, 0.2) is 53.6 Å². The second-order valence-electron chi connectivity index (χ2n) is 6.40. The highest BCUT2D eigenvalue weighted by Gasteiger charge is 2.29. The van der Waals surface area contributed by atoms with Gasteiger partial charge in [0.05, 0.1) is 5.69 Å². The van der Waals surface area contributed by atoms with Gasteiger partial charge in [0, 0.05) is 41.4 Å². The Kier molecular flexibility index (Phi) is 4.20. The molecule has 2 aromatic carbocycles. The second-order valence-corrected chi connectivity index (χ2v) is 7.24. The van der Waals surface area contributed by atoms with E-state index in [0.29, 0.717) is 10.0 Å². The summed E-state index contributed by atoms with van der Waals surface area (Å²) < 4.78 is 1.63. The number of aromatic nitrogens is 2. The Morgan fingerprint density at radius 1 is 1.16 bits per heavy atom. The highest BCUT2D eigenvalue weighted by molar-refractivity contribution is 6.35. The lowest BCUT2D eigenvalue weighted by Gasteiger charge is -2.34. The highest BCUT2D eigenvalue weighted by atomic mass is 35.5. The zero-order valence-corrected chi connectivity index (χ0v) is 15.2. The molecule has 6 heteroatoms. The zero-order valence-electron chi connectivity index (χ0n) is 13.7. The van der Waals surface area contributed by atoms with E-state index in [9.17, 15) is 4.79 Å². The Morgan fingerprint density at radius 3 is 2.72 bits per heavy atom. The van der Waals surface area contributed by atoms with E-state index in [1.165, 1.54) is 0 Å². The van der Waals surface area contributed by atoms with Gasteiger partial charge >= 0.3 is 5.69 Å². The fourth-order valence-corrected chi connectivity index (χ4v) is 4.19. The maximum atomic E-state index is 12.1. The van der Waals surface area contributed by atoms with Gasteiger partial charge in [-0.2, -0.15) is 0 Å². The molecule has 0 aliphatic carbocycles. The van der Waals surface area contributed by atoms with Crippen LogP contribution in [0.5, 0.6) is 0 Å².